The van der Waals surface area contributed by atoms with Crippen LogP contribution in [0.4, 0.5) is 0 Å². The van der Waals surface area contributed by atoms with Crippen LogP contribution in [0.1, 0.15) is 30.9 Å². The average Bonchev–Trinajstić information content (AvgIpc) is 2.74. The van der Waals surface area contributed by atoms with E-state index in [0.717, 1.165) is 12.0 Å². The minimum atomic E-state index is -0.966. The second-order valence-corrected chi connectivity index (χ2v) is 7.64. The molecule has 2 rings (SSSR count). The predicted molar refractivity (Wildman–Crippen MR) is 120 cm³/mol. The highest BCUT2D eigenvalue weighted by Crippen LogP contribution is 2.20. The Bertz CT molecular complexity index is 873. The molecule has 0 aliphatic carbocycles. The summed E-state index contributed by atoms with van der Waals surface area (Å²) in [4.78, 5) is 25.1. The zero-order chi connectivity index (χ0) is 23.3. The van der Waals surface area contributed by atoms with Crippen molar-refractivity contribution in [3.05, 3.63) is 59.7 Å². The summed E-state index contributed by atoms with van der Waals surface area (Å²) in [5.74, 6) is -1.06. The van der Waals surface area contributed by atoms with E-state index in [1.54, 1.807) is 41.3 Å². The molecule has 0 aromatic heterocycles. The van der Waals surface area contributed by atoms with Crippen molar-refractivity contribution in [2.24, 2.45) is 0 Å². The second-order valence-electron chi connectivity index (χ2n) is 7.64. The summed E-state index contributed by atoms with van der Waals surface area (Å²) in [6.45, 7) is 2.87. The van der Waals surface area contributed by atoms with Gasteiger partial charge in [0.15, 0.2) is 0 Å². The van der Waals surface area contributed by atoms with Crippen molar-refractivity contribution in [3.8, 4) is 11.5 Å². The van der Waals surface area contributed by atoms with Gasteiger partial charge >= 0.3 is 11.9 Å². The first-order chi connectivity index (χ1) is 15.4. The number of ether oxygens (including phenoxy) is 1. The number of aliphatic carboxylic acids is 1. The van der Waals surface area contributed by atoms with Crippen molar-refractivity contribution in [1.29, 1.82) is 0 Å². The Morgan fingerprint density at radius 1 is 1.03 bits per heavy atom. The molecule has 0 radical (unpaired) electrons. The zero-order valence-electron chi connectivity index (χ0n) is 18.4. The van der Waals surface area contributed by atoms with E-state index in [9.17, 15) is 19.8 Å². The number of phenolic OH excluding ortho intramolecular Hbond substituents is 2. The molecule has 8 heteroatoms. The molecule has 0 amide bonds. The molecule has 2 aromatic rings. The number of carboxylic acids is 1. The molecule has 1 unspecified atom stereocenters. The largest absolute Gasteiger partial charge is 0.508 e. The number of rotatable bonds is 14. The van der Waals surface area contributed by atoms with E-state index in [1.807, 2.05) is 19.1 Å². The molecule has 174 valence electrons. The highest BCUT2D eigenvalue weighted by molar-refractivity contribution is 5.72. The van der Waals surface area contributed by atoms with Crippen LogP contribution in [0.25, 0.3) is 0 Å². The van der Waals surface area contributed by atoms with Gasteiger partial charge in [0.05, 0.1) is 13.1 Å². The molecule has 1 atom stereocenters. The Morgan fingerprint density at radius 2 is 1.66 bits per heavy atom. The number of para-hydroxylation sites is 2. The number of nitrogens with zero attached hydrogens (tertiary/aromatic N) is 1. The third kappa shape index (κ3) is 8.95. The van der Waals surface area contributed by atoms with E-state index in [2.05, 4.69) is 5.32 Å². The van der Waals surface area contributed by atoms with Crippen molar-refractivity contribution in [1.82, 2.24) is 10.2 Å². The SMILES string of the molecule is CCCC(Cc1ccccc1O)OC(=O)CNCCN(CC(=O)O)Cc1ccccc1O. The molecule has 0 saturated heterocycles. The van der Waals surface area contributed by atoms with Crippen molar-refractivity contribution < 1.29 is 29.6 Å². The number of hydrogen-bond acceptors (Lipinski definition) is 7. The Labute approximate surface area is 188 Å². The first-order valence-corrected chi connectivity index (χ1v) is 10.8. The number of aromatic hydroxyl groups is 2. The van der Waals surface area contributed by atoms with E-state index in [0.29, 0.717) is 31.5 Å². The Hall–Kier alpha value is -3.10. The first-order valence-electron chi connectivity index (χ1n) is 10.8. The summed E-state index contributed by atoms with van der Waals surface area (Å²) >= 11 is 0. The molecule has 0 spiro atoms. The number of hydrogen-bond donors (Lipinski definition) is 4. The van der Waals surface area contributed by atoms with Gasteiger partial charge in [-0.1, -0.05) is 49.7 Å². The van der Waals surface area contributed by atoms with E-state index < -0.39 is 11.9 Å². The van der Waals surface area contributed by atoms with Gasteiger partial charge in [0.25, 0.3) is 0 Å². The van der Waals surface area contributed by atoms with Crippen molar-refractivity contribution in [2.45, 2.75) is 38.8 Å². The summed E-state index contributed by atoms with van der Waals surface area (Å²) < 4.78 is 5.58. The number of esters is 1. The molecule has 0 heterocycles. The van der Waals surface area contributed by atoms with Gasteiger partial charge < -0.3 is 25.4 Å². The maximum atomic E-state index is 12.3. The lowest BCUT2D eigenvalue weighted by atomic mass is 10.0. The van der Waals surface area contributed by atoms with E-state index in [-0.39, 0.29) is 37.2 Å². The lowest BCUT2D eigenvalue weighted by Gasteiger charge is -2.21. The number of phenols is 2. The monoisotopic (exact) mass is 444 g/mol. The number of carbonyl (C=O) groups excluding carboxylic acids is 1. The zero-order valence-corrected chi connectivity index (χ0v) is 18.4. The van der Waals surface area contributed by atoms with Crippen LogP contribution in [0.2, 0.25) is 0 Å². The topological polar surface area (TPSA) is 119 Å². The molecular weight excluding hydrogens is 412 g/mol. The molecule has 0 aliphatic rings. The van der Waals surface area contributed by atoms with Gasteiger partial charge in [0.1, 0.15) is 17.6 Å². The average molecular weight is 445 g/mol. The highest BCUT2D eigenvalue weighted by atomic mass is 16.5. The summed E-state index contributed by atoms with van der Waals surface area (Å²) in [6, 6.07) is 13.8. The molecule has 2 aromatic carbocycles. The van der Waals surface area contributed by atoms with Gasteiger partial charge in [-0.15, -0.1) is 0 Å². The third-order valence-electron chi connectivity index (χ3n) is 4.97. The third-order valence-corrected chi connectivity index (χ3v) is 4.97. The minimum Gasteiger partial charge on any atom is -0.508 e. The van der Waals surface area contributed by atoms with Gasteiger partial charge in [-0.3, -0.25) is 14.5 Å². The molecule has 8 nitrogen and oxygen atoms in total. The Morgan fingerprint density at radius 3 is 2.25 bits per heavy atom. The first kappa shape index (κ1) is 25.2. The lowest BCUT2D eigenvalue weighted by Crippen LogP contribution is -2.37. The molecule has 0 aliphatic heterocycles. The van der Waals surface area contributed by atoms with Crippen LogP contribution in [0, 0.1) is 0 Å². The van der Waals surface area contributed by atoms with Crippen molar-refractivity contribution in [2.75, 3.05) is 26.2 Å². The van der Waals surface area contributed by atoms with Crippen LogP contribution in [0.5, 0.6) is 11.5 Å². The van der Waals surface area contributed by atoms with E-state index in [1.165, 1.54) is 0 Å². The fourth-order valence-electron chi connectivity index (χ4n) is 3.40. The van der Waals surface area contributed by atoms with Crippen LogP contribution in [-0.4, -0.2) is 64.4 Å². The Kier molecular flexibility index (Phi) is 10.5. The standard InChI is InChI=1S/C24H32N2O6/c1-2-7-20(14-18-8-3-5-10-21(18)27)32-24(31)15-25-12-13-26(17-23(29)30)16-19-9-4-6-11-22(19)28/h3-6,8-11,20,25,27-28H,2,7,12-17H2,1H3,(H,29,30). The number of benzene rings is 2. The fourth-order valence-corrected chi connectivity index (χ4v) is 3.40. The molecule has 4 N–H and O–H groups in total. The Balaban J connectivity index is 1.80. The van der Waals surface area contributed by atoms with Crippen LogP contribution in [0.3, 0.4) is 0 Å². The summed E-state index contributed by atoms with van der Waals surface area (Å²) in [7, 11) is 0. The maximum absolute atomic E-state index is 12.3. The molecule has 0 bridgehead atoms. The summed E-state index contributed by atoms with van der Waals surface area (Å²) in [5, 5.41) is 32.0. The lowest BCUT2D eigenvalue weighted by molar-refractivity contribution is -0.148. The van der Waals surface area contributed by atoms with Crippen molar-refractivity contribution in [3.63, 3.8) is 0 Å². The number of nitrogens with one attached hydrogen (secondary N) is 1. The van der Waals surface area contributed by atoms with E-state index in [4.69, 9.17) is 9.84 Å². The summed E-state index contributed by atoms with van der Waals surface area (Å²) in [6.07, 6.45) is 1.65. The smallest absolute Gasteiger partial charge is 0.320 e. The second kappa shape index (κ2) is 13.3. The van der Waals surface area contributed by atoms with Gasteiger partial charge in [-0.2, -0.15) is 0 Å². The molecule has 0 saturated carbocycles. The van der Waals surface area contributed by atoms with Gasteiger partial charge in [-0.05, 0) is 24.1 Å². The maximum Gasteiger partial charge on any atom is 0.320 e. The highest BCUT2D eigenvalue weighted by Gasteiger charge is 2.17. The van der Waals surface area contributed by atoms with Crippen LogP contribution in [0.15, 0.2) is 48.5 Å². The van der Waals surface area contributed by atoms with Gasteiger partial charge in [0, 0.05) is 31.6 Å². The number of carboxylic acid groups (broad SMARTS) is 1. The number of carbonyl (C=O) groups is 2. The van der Waals surface area contributed by atoms with Crippen LogP contribution in [-0.2, 0) is 27.3 Å². The predicted octanol–water partition coefficient (Wildman–Crippen LogP) is 2.53. The molecule has 0 fully saturated rings. The minimum absolute atomic E-state index is 0.00150. The molecule has 32 heavy (non-hydrogen) atoms. The summed E-state index contributed by atoms with van der Waals surface area (Å²) in [5.41, 5.74) is 1.37. The fraction of sp³-hybridized carbons (Fsp3) is 0.417. The van der Waals surface area contributed by atoms with E-state index >= 15 is 0 Å². The quantitative estimate of drug-likeness (QED) is 0.259. The van der Waals surface area contributed by atoms with Crippen molar-refractivity contribution >= 4 is 11.9 Å². The van der Waals surface area contributed by atoms with Gasteiger partial charge in [0.2, 0.25) is 0 Å². The van der Waals surface area contributed by atoms with Crippen LogP contribution >= 0.6 is 0 Å². The molecular formula is C24H32N2O6. The van der Waals surface area contributed by atoms with Gasteiger partial charge in [-0.25, -0.2) is 0 Å². The van der Waals surface area contributed by atoms with Crippen LogP contribution < -0.4 is 5.32 Å². The normalized spacial score (nSPS) is 11.9.